The lowest BCUT2D eigenvalue weighted by Crippen LogP contribution is -2.64. The van der Waals surface area contributed by atoms with Gasteiger partial charge < -0.3 is 82.7 Å². The molecule has 2 unspecified atom stereocenters. The molecule has 0 fully saturated rings. The number of nitro groups is 1. The predicted octanol–water partition coefficient (Wildman–Crippen LogP) is 10.3. The van der Waals surface area contributed by atoms with Crippen LogP contribution in [0.3, 0.4) is 0 Å². The van der Waals surface area contributed by atoms with Crippen molar-refractivity contribution in [1.82, 2.24) is 53.2 Å². The maximum absolute atomic E-state index is 15.9. The fourth-order valence-corrected chi connectivity index (χ4v) is 14.8. The van der Waals surface area contributed by atoms with E-state index < -0.39 is 138 Å². The van der Waals surface area contributed by atoms with E-state index in [1.54, 1.807) is 129 Å². The number of carbonyl (C=O) groups excluding carboxylic acids is 10. The first-order chi connectivity index (χ1) is 65.3. The number of nitrogens with zero attached hydrogens (tertiary/aromatic N) is 2. The summed E-state index contributed by atoms with van der Waals surface area (Å²) in [6.45, 7) is 9.39. The first-order valence-electron chi connectivity index (χ1n) is 45.8. The summed E-state index contributed by atoms with van der Waals surface area (Å²) in [5, 5.41) is 44.1. The van der Waals surface area contributed by atoms with Crippen molar-refractivity contribution >= 4 is 82.4 Å². The van der Waals surface area contributed by atoms with Crippen LogP contribution >= 0.6 is 11.8 Å². The summed E-state index contributed by atoms with van der Waals surface area (Å²) >= 11 is 1.57. The lowest BCUT2D eigenvalue weighted by Gasteiger charge is -2.30. The number of urea groups is 1. The standard InChI is InChI=1S/C104H127N13O17S/c1-8-71(4)93(103(126)134-116-95(83-49-35-70(3)36-50-83)84-51-53-86(54-52-84)117(128)129)114-99(122)89(61-78-29-19-12-20-30-78)110-98(121)88(63-80-47-43-77(44-48-80)40-38-75-27-17-11-18-28-75)111-100(123)90(65-108-104(127)107-64-85(105)55-60-135-7)112-102(125)94(73(6)133-67-82-33-23-14-24-34-82)115-101(124)91(68-132-66-81-31-21-13-22-32-81)113-97(120)87(62-79-45-41-76(42-46-79)39-37-74-25-15-10-16-26-74)109-92(118)69-131-59-58-130-57-56-106-96(119)72(5)9-2/h10-36,41-54,71-73,85,87-91,93-94H,8-9,37-40,55-69,105H2,1-7H3,(H,106,119)(H,109,118)(H,110,121)(H,111,123)(H,112,125)(H,113,120)(H,114,122)(H,115,124)(H2,107,108,127)/b116-95+/t71?,72-,73?,85+,87-,88-,89-,90-,91-,93-,94-/m0/s1. The zero-order valence-corrected chi connectivity index (χ0v) is 78.5. The smallest absolute Gasteiger partial charge is 0.357 e. The minimum absolute atomic E-state index is 0.00772. The molecular formula is C104H127N13O17S. The Kier molecular flexibility index (Phi) is 44.7. The molecule has 135 heavy (non-hydrogen) atoms. The van der Waals surface area contributed by atoms with E-state index in [1.165, 1.54) is 31.2 Å². The van der Waals surface area contributed by atoms with Gasteiger partial charge in [-0.2, -0.15) is 11.8 Å². The van der Waals surface area contributed by atoms with Crippen molar-refractivity contribution in [2.45, 2.75) is 173 Å². The predicted molar refractivity (Wildman–Crippen MR) is 520 cm³/mol. The molecule has 12 N–H and O–H groups in total. The van der Waals surface area contributed by atoms with Crippen LogP contribution in [0.5, 0.6) is 0 Å². The summed E-state index contributed by atoms with van der Waals surface area (Å²) in [4.78, 5) is 166. The molecule has 0 radical (unpaired) electrons. The Hall–Kier alpha value is -13.3. The van der Waals surface area contributed by atoms with Gasteiger partial charge in [0.25, 0.3) is 5.69 Å². The largest absolute Gasteiger partial charge is 0.377 e. The second-order valence-corrected chi connectivity index (χ2v) is 34.3. The van der Waals surface area contributed by atoms with E-state index in [-0.39, 0.29) is 88.6 Å². The molecule has 9 rings (SSSR count). The van der Waals surface area contributed by atoms with Gasteiger partial charge in [0.2, 0.25) is 47.3 Å². The molecule has 0 aromatic heterocycles. The average Bonchev–Trinajstić information content (AvgIpc) is 0.823. The second-order valence-electron chi connectivity index (χ2n) is 33.3. The fourth-order valence-electron chi connectivity index (χ4n) is 14.3. The Morgan fingerprint density at radius 3 is 1.36 bits per heavy atom. The summed E-state index contributed by atoms with van der Waals surface area (Å²) in [5.74, 6) is -7.49. The van der Waals surface area contributed by atoms with Crippen LogP contribution in [0.15, 0.2) is 254 Å². The molecule has 9 aromatic carbocycles. The van der Waals surface area contributed by atoms with E-state index in [1.807, 2.05) is 136 Å². The Balaban J connectivity index is 1.04. The zero-order valence-electron chi connectivity index (χ0n) is 77.7. The first kappa shape index (κ1) is 105. The van der Waals surface area contributed by atoms with Crippen LogP contribution in [0.4, 0.5) is 10.5 Å². The molecule has 0 saturated heterocycles. The van der Waals surface area contributed by atoms with Gasteiger partial charge in [0.1, 0.15) is 54.6 Å². The van der Waals surface area contributed by atoms with Crippen molar-refractivity contribution < 1.29 is 76.7 Å². The minimum atomic E-state index is -1.82. The molecule has 0 bridgehead atoms. The molecule has 0 aliphatic carbocycles. The van der Waals surface area contributed by atoms with Gasteiger partial charge in [0, 0.05) is 74.1 Å². The maximum atomic E-state index is 15.9. The third-order valence-electron chi connectivity index (χ3n) is 22.8. The van der Waals surface area contributed by atoms with Gasteiger partial charge in [-0.15, -0.1) is 0 Å². The van der Waals surface area contributed by atoms with Gasteiger partial charge in [-0.1, -0.05) is 269 Å². The summed E-state index contributed by atoms with van der Waals surface area (Å²) < 4.78 is 24.0. The van der Waals surface area contributed by atoms with Gasteiger partial charge in [0.05, 0.1) is 50.7 Å². The molecule has 10 amide bonds. The molecule has 0 aliphatic rings. The fraction of sp³-hybridized carbons (Fsp3) is 0.375. The summed E-state index contributed by atoms with van der Waals surface area (Å²) in [6.07, 6.45) is 4.57. The number of benzene rings is 9. The van der Waals surface area contributed by atoms with Crippen LogP contribution < -0.4 is 58.9 Å². The molecule has 9 aromatic rings. The highest BCUT2D eigenvalue weighted by Gasteiger charge is 2.39. The number of thioether (sulfide) groups is 1. The van der Waals surface area contributed by atoms with E-state index in [2.05, 4.69) is 70.5 Å². The topological polar surface area (TPSA) is 419 Å². The number of oxime groups is 1. The molecule has 0 heterocycles. The van der Waals surface area contributed by atoms with E-state index in [0.29, 0.717) is 83.2 Å². The molecular weight excluding hydrogens is 1740 g/mol. The molecule has 0 saturated carbocycles. The van der Waals surface area contributed by atoms with Crippen molar-refractivity contribution in [2.75, 3.05) is 64.7 Å². The number of hydrogen-bond donors (Lipinski definition) is 11. The quantitative estimate of drug-likeness (QED) is 0.00555. The van der Waals surface area contributed by atoms with E-state index >= 15 is 28.8 Å². The minimum Gasteiger partial charge on any atom is -0.377 e. The van der Waals surface area contributed by atoms with Crippen molar-refractivity contribution in [1.29, 1.82) is 0 Å². The number of non-ortho nitro benzene ring substituents is 1. The second kappa shape index (κ2) is 57.3. The van der Waals surface area contributed by atoms with Crippen LogP contribution in [0.2, 0.25) is 0 Å². The van der Waals surface area contributed by atoms with Gasteiger partial charge in [-0.3, -0.25) is 48.5 Å². The van der Waals surface area contributed by atoms with E-state index in [4.69, 9.17) is 29.5 Å². The number of aryl methyl sites for hydroxylation is 5. The SMILES string of the molecule is CCC(C)[C@H](NC(=O)[C@H](Cc1ccccc1)NC(=O)[C@H](Cc1ccc(CCc2ccccc2)cc1)NC(=O)[C@H](CNC(=O)NC[C@H](N)CCSC)NC(=O)[C@@H](NC(=O)[C@H](COCc1ccccc1)NC(=O)[C@H](Cc1ccc(CCc2ccccc2)cc1)NC(=O)COCCOCCNC(=O)[C@@H](C)CC)C(C)OCc1ccccc1)C(=O)O/N=C(\c1ccc(C)cc1)c1ccc([N+](=O)[O-])cc1. The third kappa shape index (κ3) is 37.2. The lowest BCUT2D eigenvalue weighted by molar-refractivity contribution is -0.384. The van der Waals surface area contributed by atoms with Crippen LogP contribution in [-0.4, -0.2) is 189 Å². The summed E-state index contributed by atoms with van der Waals surface area (Å²) in [5.41, 5.74) is 15.6. The normalized spacial score (nSPS) is 13.7. The number of carbonyl (C=O) groups is 10. The van der Waals surface area contributed by atoms with Gasteiger partial charge in [-0.05, 0) is 133 Å². The highest BCUT2D eigenvalue weighted by molar-refractivity contribution is 7.98. The number of hydrogen-bond acceptors (Lipinski definition) is 20. The monoisotopic (exact) mass is 1860 g/mol. The van der Waals surface area contributed by atoms with Crippen LogP contribution in [0.25, 0.3) is 0 Å². The number of ether oxygens (including phenoxy) is 4. The van der Waals surface area contributed by atoms with Gasteiger partial charge >= 0.3 is 12.0 Å². The third-order valence-corrected chi connectivity index (χ3v) is 23.5. The van der Waals surface area contributed by atoms with Crippen LogP contribution in [-0.2, 0) is 125 Å². The molecule has 716 valence electrons. The van der Waals surface area contributed by atoms with Crippen molar-refractivity contribution in [2.24, 2.45) is 22.7 Å². The number of nitro benzene ring substituents is 1. The number of nitrogens with one attached hydrogen (secondary N) is 10. The van der Waals surface area contributed by atoms with Crippen molar-refractivity contribution in [3.05, 3.63) is 326 Å². The Bertz CT molecular complexity index is 5230. The van der Waals surface area contributed by atoms with Gasteiger partial charge in [0.15, 0.2) is 0 Å². The average molecular weight is 1860 g/mol. The number of amides is 10. The van der Waals surface area contributed by atoms with Gasteiger partial charge in [-0.25, -0.2) is 9.59 Å². The van der Waals surface area contributed by atoms with Crippen molar-refractivity contribution in [3.63, 3.8) is 0 Å². The number of rotatable bonds is 57. The summed E-state index contributed by atoms with van der Waals surface area (Å²) in [6, 6.07) is 62.0. The molecule has 11 atom stereocenters. The maximum Gasteiger partial charge on any atom is 0.357 e. The first-order valence-corrected chi connectivity index (χ1v) is 47.2. The highest BCUT2D eigenvalue weighted by atomic mass is 32.2. The Labute approximate surface area is 794 Å². The molecule has 0 aliphatic heterocycles. The van der Waals surface area contributed by atoms with Crippen molar-refractivity contribution in [3.8, 4) is 0 Å². The van der Waals surface area contributed by atoms with E-state index in [9.17, 15) is 29.3 Å². The highest BCUT2D eigenvalue weighted by Crippen LogP contribution is 2.22. The zero-order chi connectivity index (χ0) is 96.6. The molecule has 0 spiro atoms. The lowest BCUT2D eigenvalue weighted by atomic mass is 9.97. The Morgan fingerprint density at radius 1 is 0.430 bits per heavy atom. The van der Waals surface area contributed by atoms with Crippen LogP contribution in [0.1, 0.15) is 121 Å². The van der Waals surface area contributed by atoms with E-state index in [0.717, 1.165) is 34.2 Å². The Morgan fingerprint density at radius 2 is 0.852 bits per heavy atom. The molecule has 31 heteroatoms. The molecule has 30 nitrogen and oxygen atoms in total. The number of nitrogens with two attached hydrogens (primary N) is 1. The summed E-state index contributed by atoms with van der Waals surface area (Å²) in [7, 11) is 0. The van der Waals surface area contributed by atoms with Crippen LogP contribution in [0, 0.1) is 28.9 Å².